The number of hydrogen-bond donors (Lipinski definition) is 0. The van der Waals surface area contributed by atoms with Gasteiger partial charge in [0, 0.05) is 5.25 Å². The number of rotatable bonds is 0. The van der Waals surface area contributed by atoms with E-state index in [0.717, 1.165) is 11.2 Å². The molecule has 1 aliphatic heterocycles. The highest BCUT2D eigenvalue weighted by Gasteiger charge is 2.13. The van der Waals surface area contributed by atoms with Crippen molar-refractivity contribution in [2.45, 2.75) is 31.9 Å². The summed E-state index contributed by atoms with van der Waals surface area (Å²) in [4.78, 5) is 0. The summed E-state index contributed by atoms with van der Waals surface area (Å²) in [5.41, 5.74) is 0. The zero-order valence-electron chi connectivity index (χ0n) is 5.68. The fraction of sp³-hybridized carbons (Fsp3) is 1.00. The lowest BCUT2D eigenvalue weighted by Gasteiger charge is -2.22. The normalized spacial score (nSPS) is 39.8. The van der Waals surface area contributed by atoms with Gasteiger partial charge in [0.2, 0.25) is 0 Å². The van der Waals surface area contributed by atoms with Crippen molar-refractivity contribution in [1.29, 1.82) is 0 Å². The van der Waals surface area contributed by atoms with Crippen LogP contribution in [-0.2, 0) is 0 Å². The highest BCUT2D eigenvalue weighted by Crippen LogP contribution is 2.27. The van der Waals surface area contributed by atoms with Crippen LogP contribution in [0.4, 0.5) is 0 Å². The molecule has 1 aliphatic rings. The minimum Gasteiger partial charge on any atom is -0.159 e. The van der Waals surface area contributed by atoms with Gasteiger partial charge >= 0.3 is 0 Å². The largest absolute Gasteiger partial charge is 0.159 e. The van der Waals surface area contributed by atoms with E-state index in [1.807, 2.05) is 0 Å². The fourth-order valence-corrected chi connectivity index (χ4v) is 2.14. The third-order valence-electron chi connectivity index (χ3n) is 1.73. The van der Waals surface area contributed by atoms with Crippen LogP contribution in [0, 0.1) is 5.92 Å². The Morgan fingerprint density at radius 1 is 1.25 bits per heavy atom. The minimum absolute atomic E-state index is 0.936. The van der Waals surface area contributed by atoms with Crippen molar-refractivity contribution < 1.29 is 0 Å². The molecular formula is C7H14S. The summed E-state index contributed by atoms with van der Waals surface area (Å²) in [5, 5.41) is 0.936. The number of hydrogen-bond acceptors (Lipinski definition) is 1. The molecule has 1 heteroatoms. The lowest BCUT2D eigenvalue weighted by molar-refractivity contribution is 0.542. The Bertz CT molecular complexity index is 52.8. The molecule has 1 rings (SSSR count). The van der Waals surface area contributed by atoms with Crippen LogP contribution < -0.4 is 0 Å². The SMILES string of the molecule is CC1CCC(C)SC1. The second-order valence-electron chi connectivity index (χ2n) is 2.83. The van der Waals surface area contributed by atoms with Crippen molar-refractivity contribution >= 4 is 11.8 Å². The van der Waals surface area contributed by atoms with Gasteiger partial charge in [0.15, 0.2) is 0 Å². The average Bonchev–Trinajstić information content (AvgIpc) is 1.77. The van der Waals surface area contributed by atoms with E-state index in [1.54, 1.807) is 0 Å². The molecule has 0 aromatic carbocycles. The molecule has 1 saturated heterocycles. The van der Waals surface area contributed by atoms with E-state index in [9.17, 15) is 0 Å². The van der Waals surface area contributed by atoms with E-state index in [1.165, 1.54) is 18.6 Å². The summed E-state index contributed by atoms with van der Waals surface area (Å²) < 4.78 is 0. The predicted octanol–water partition coefficient (Wildman–Crippen LogP) is 2.54. The quantitative estimate of drug-likeness (QED) is 0.485. The van der Waals surface area contributed by atoms with Gasteiger partial charge in [-0.1, -0.05) is 13.8 Å². The van der Waals surface area contributed by atoms with Crippen molar-refractivity contribution in [3.63, 3.8) is 0 Å². The van der Waals surface area contributed by atoms with Gasteiger partial charge in [0.05, 0.1) is 0 Å². The molecule has 2 unspecified atom stereocenters. The topological polar surface area (TPSA) is 0 Å². The van der Waals surface area contributed by atoms with Crippen LogP contribution in [0.5, 0.6) is 0 Å². The first-order chi connectivity index (χ1) is 3.79. The second-order valence-corrected chi connectivity index (χ2v) is 4.30. The van der Waals surface area contributed by atoms with Crippen LogP contribution in [0.25, 0.3) is 0 Å². The van der Waals surface area contributed by atoms with Crippen LogP contribution in [0.3, 0.4) is 0 Å². The summed E-state index contributed by atoms with van der Waals surface area (Å²) in [6, 6.07) is 0. The molecule has 0 bridgehead atoms. The molecule has 0 nitrogen and oxygen atoms in total. The van der Waals surface area contributed by atoms with Crippen molar-refractivity contribution in [2.24, 2.45) is 5.92 Å². The Balaban J connectivity index is 2.19. The van der Waals surface area contributed by atoms with Crippen LogP contribution in [-0.4, -0.2) is 11.0 Å². The first-order valence-electron chi connectivity index (χ1n) is 3.40. The molecule has 0 N–H and O–H groups in total. The Hall–Kier alpha value is 0.350. The molecule has 0 aromatic rings. The molecule has 48 valence electrons. The molecule has 0 amide bonds. The van der Waals surface area contributed by atoms with Crippen LogP contribution in [0.15, 0.2) is 0 Å². The van der Waals surface area contributed by atoms with Gasteiger partial charge in [-0.25, -0.2) is 0 Å². The van der Waals surface area contributed by atoms with Crippen molar-refractivity contribution in [2.75, 3.05) is 5.75 Å². The van der Waals surface area contributed by atoms with Gasteiger partial charge < -0.3 is 0 Å². The Kier molecular flexibility index (Phi) is 2.24. The maximum atomic E-state index is 2.35. The van der Waals surface area contributed by atoms with Crippen molar-refractivity contribution in [3.8, 4) is 0 Å². The maximum Gasteiger partial charge on any atom is 0.00189 e. The number of thioether (sulfide) groups is 1. The molecule has 0 aromatic heterocycles. The summed E-state index contributed by atoms with van der Waals surface area (Å²) in [6.07, 6.45) is 2.89. The summed E-state index contributed by atoms with van der Waals surface area (Å²) >= 11 is 2.13. The predicted molar refractivity (Wildman–Crippen MR) is 40.3 cm³/mol. The molecule has 8 heavy (non-hydrogen) atoms. The van der Waals surface area contributed by atoms with Gasteiger partial charge in [-0.2, -0.15) is 11.8 Å². The van der Waals surface area contributed by atoms with Crippen molar-refractivity contribution in [1.82, 2.24) is 0 Å². The lowest BCUT2D eigenvalue weighted by Crippen LogP contribution is -2.12. The first kappa shape index (κ1) is 6.47. The third-order valence-corrected chi connectivity index (χ3v) is 3.30. The fourth-order valence-electron chi connectivity index (χ4n) is 1.01. The van der Waals surface area contributed by atoms with Crippen LogP contribution in [0.1, 0.15) is 26.7 Å². The Morgan fingerprint density at radius 3 is 2.38 bits per heavy atom. The standard InChI is InChI=1S/C7H14S/c1-6-3-4-7(2)8-5-6/h6-7H,3-5H2,1-2H3. The molecule has 0 radical (unpaired) electrons. The summed E-state index contributed by atoms with van der Waals surface area (Å²) in [5.74, 6) is 2.37. The molecule has 0 saturated carbocycles. The van der Waals surface area contributed by atoms with E-state index in [-0.39, 0.29) is 0 Å². The van der Waals surface area contributed by atoms with Crippen molar-refractivity contribution in [3.05, 3.63) is 0 Å². The Morgan fingerprint density at radius 2 is 2.00 bits per heavy atom. The molecule has 0 aliphatic carbocycles. The molecular weight excluding hydrogens is 116 g/mol. The second kappa shape index (κ2) is 2.77. The maximum absolute atomic E-state index is 2.35. The van der Waals surface area contributed by atoms with Gasteiger partial charge in [-0.3, -0.25) is 0 Å². The zero-order chi connectivity index (χ0) is 5.98. The van der Waals surface area contributed by atoms with Gasteiger partial charge in [0.1, 0.15) is 0 Å². The summed E-state index contributed by atoms with van der Waals surface area (Å²) in [7, 11) is 0. The van der Waals surface area contributed by atoms with Crippen LogP contribution >= 0.6 is 11.8 Å². The molecule has 2 atom stereocenters. The highest BCUT2D eigenvalue weighted by molar-refractivity contribution is 7.99. The average molecular weight is 130 g/mol. The van der Waals surface area contributed by atoms with Gasteiger partial charge in [-0.05, 0) is 24.5 Å². The minimum atomic E-state index is 0.936. The highest BCUT2D eigenvalue weighted by atomic mass is 32.2. The van der Waals surface area contributed by atoms with Gasteiger partial charge in [0.25, 0.3) is 0 Å². The van der Waals surface area contributed by atoms with Crippen LogP contribution in [0.2, 0.25) is 0 Å². The third kappa shape index (κ3) is 1.70. The van der Waals surface area contributed by atoms with Gasteiger partial charge in [-0.15, -0.1) is 0 Å². The smallest absolute Gasteiger partial charge is 0.00189 e. The van der Waals surface area contributed by atoms with E-state index < -0.39 is 0 Å². The van der Waals surface area contributed by atoms with E-state index >= 15 is 0 Å². The molecule has 0 spiro atoms. The molecule has 1 heterocycles. The Labute approximate surface area is 56.0 Å². The van der Waals surface area contributed by atoms with E-state index in [0.29, 0.717) is 0 Å². The zero-order valence-corrected chi connectivity index (χ0v) is 6.50. The first-order valence-corrected chi connectivity index (χ1v) is 4.45. The van der Waals surface area contributed by atoms with E-state index in [2.05, 4.69) is 25.6 Å². The summed E-state index contributed by atoms with van der Waals surface area (Å²) in [6.45, 7) is 4.68. The lowest BCUT2D eigenvalue weighted by atomic mass is 10.1. The van der Waals surface area contributed by atoms with E-state index in [4.69, 9.17) is 0 Å². The molecule has 1 fully saturated rings. The monoisotopic (exact) mass is 130 g/mol.